The molecule has 4 heterocycles. The first-order valence-corrected chi connectivity index (χ1v) is 16.7. The summed E-state index contributed by atoms with van der Waals surface area (Å²) >= 11 is 0. The zero-order valence-corrected chi connectivity index (χ0v) is 24.9. The molecule has 2 aliphatic rings. The van der Waals surface area contributed by atoms with E-state index in [0.717, 1.165) is 6.66 Å². The lowest BCUT2D eigenvalue weighted by atomic mass is 10.1. The van der Waals surface area contributed by atoms with Crippen LogP contribution < -0.4 is 16.0 Å². The summed E-state index contributed by atoms with van der Waals surface area (Å²) in [6.45, 7) is -0.295. The molecule has 10 atom stereocenters. The Balaban J connectivity index is 1.16. The lowest BCUT2D eigenvalue weighted by molar-refractivity contribution is -0.728. The van der Waals surface area contributed by atoms with Crippen LogP contribution in [0.3, 0.4) is 0 Å². The van der Waals surface area contributed by atoms with Crippen LogP contribution in [0.5, 0.6) is 0 Å². The average Bonchev–Trinajstić information content (AvgIpc) is 3.61. The molecule has 19 nitrogen and oxygen atoms in total. The van der Waals surface area contributed by atoms with E-state index in [9.17, 15) is 39.2 Å². The number of carbonyl (C=O) groups is 1. The van der Waals surface area contributed by atoms with E-state index >= 15 is 0 Å². The maximum absolute atomic E-state index is 12.9. The Bertz CT molecular complexity index is 1630. The second kappa shape index (κ2) is 12.5. The van der Waals surface area contributed by atoms with E-state index in [1.807, 2.05) is 0 Å². The highest BCUT2D eigenvalue weighted by Crippen LogP contribution is 2.61. The number of anilines is 1. The molecule has 21 heteroatoms. The number of aliphatic hydroxyl groups excluding tert-OH is 4. The summed E-state index contributed by atoms with van der Waals surface area (Å²) in [5, 5.41) is 42.1. The van der Waals surface area contributed by atoms with E-state index in [4.69, 9.17) is 29.6 Å². The van der Waals surface area contributed by atoms with Gasteiger partial charge in [0.1, 0.15) is 41.8 Å². The number of aromatic nitrogens is 5. The monoisotopic (exact) mass is 660 g/mol. The van der Waals surface area contributed by atoms with Gasteiger partial charge in [0.25, 0.3) is 5.91 Å². The van der Waals surface area contributed by atoms with E-state index in [-0.39, 0.29) is 29.0 Å². The fraction of sp³-hybridized carbons (Fsp3) is 0.522. The van der Waals surface area contributed by atoms with Gasteiger partial charge in [-0.3, -0.25) is 18.5 Å². The zero-order valence-electron chi connectivity index (χ0n) is 23.1. The molecule has 5 rings (SSSR count). The van der Waals surface area contributed by atoms with Gasteiger partial charge in [-0.1, -0.05) is 0 Å². The minimum Gasteiger partial charge on any atom is -0.390 e. The normalized spacial score (nSPS) is 31.6. The Kier molecular flexibility index (Phi) is 9.19. The molecule has 240 valence electrons. The minimum absolute atomic E-state index is 0.0841. The van der Waals surface area contributed by atoms with Gasteiger partial charge in [-0.15, -0.1) is 0 Å². The first-order chi connectivity index (χ1) is 20.7. The van der Waals surface area contributed by atoms with Crippen molar-refractivity contribution >= 4 is 38.3 Å². The zero-order chi connectivity index (χ0) is 32.0. The number of fused-ring (bicyclic) bond motifs is 1. The Morgan fingerprint density at radius 1 is 1.11 bits per heavy atom. The maximum Gasteiger partial charge on any atom is 0.479 e. The van der Waals surface area contributed by atoms with Crippen molar-refractivity contribution < 1.29 is 61.9 Å². The van der Waals surface area contributed by atoms with Gasteiger partial charge in [0.2, 0.25) is 0 Å². The van der Waals surface area contributed by atoms with Crippen LogP contribution >= 0.6 is 15.4 Å². The molecule has 1 aliphatic heterocycles. The van der Waals surface area contributed by atoms with Gasteiger partial charge in [0.15, 0.2) is 36.1 Å². The Morgan fingerprint density at radius 3 is 2.59 bits per heavy atom. The fourth-order valence-corrected chi connectivity index (χ4v) is 7.87. The van der Waals surface area contributed by atoms with E-state index in [1.165, 1.54) is 34.1 Å². The predicted molar refractivity (Wildman–Crippen MR) is 146 cm³/mol. The molecule has 3 aromatic rings. The number of pyridine rings is 1. The average molecular weight is 660 g/mol. The van der Waals surface area contributed by atoms with Crippen LogP contribution in [-0.4, -0.2) is 101 Å². The molecule has 1 saturated carbocycles. The van der Waals surface area contributed by atoms with Gasteiger partial charge in [-0.2, -0.15) is 4.57 Å². The van der Waals surface area contributed by atoms with Crippen LogP contribution in [0.25, 0.3) is 11.2 Å². The summed E-state index contributed by atoms with van der Waals surface area (Å²) in [5.41, 5.74) is 11.7. The second-order valence-corrected chi connectivity index (χ2v) is 14.1. The number of primary amides is 1. The number of nitrogens with two attached hydrogens (primary N) is 2. The molecule has 10 unspecified atom stereocenters. The van der Waals surface area contributed by atoms with Crippen LogP contribution in [0.4, 0.5) is 5.82 Å². The molecule has 0 radical (unpaired) electrons. The van der Waals surface area contributed by atoms with E-state index in [2.05, 4.69) is 15.0 Å². The van der Waals surface area contributed by atoms with Crippen molar-refractivity contribution in [3.8, 4) is 0 Å². The van der Waals surface area contributed by atoms with E-state index in [1.54, 1.807) is 12.3 Å². The number of ether oxygens (including phenoxy) is 1. The molecule has 0 bridgehead atoms. The summed E-state index contributed by atoms with van der Waals surface area (Å²) in [5.74, 6) is -1.44. The van der Waals surface area contributed by atoms with Crippen molar-refractivity contribution in [2.75, 3.05) is 25.6 Å². The number of aliphatic hydroxyl groups is 4. The first-order valence-electron chi connectivity index (χ1n) is 13.2. The van der Waals surface area contributed by atoms with Crippen LogP contribution in [0.1, 0.15) is 29.0 Å². The molecule has 44 heavy (non-hydrogen) atoms. The quantitative estimate of drug-likeness (QED) is 0.0897. The smallest absolute Gasteiger partial charge is 0.390 e. The Labute approximate surface area is 249 Å². The SMILES string of the molecule is CP(=O)(OCC1OC(n2cnc3c(N)ncnc32)C(O)C1O)OP(=O)(O)OCC1CC([n+]2cccc(C(N)=O)c2)C(O)C1O. The number of nitrogens with zero attached hydrogens (tertiary/aromatic N) is 5. The number of carbonyl (C=O) groups excluding carboxylic acids is 1. The minimum atomic E-state index is -5.04. The van der Waals surface area contributed by atoms with Crippen molar-refractivity contribution in [3.63, 3.8) is 0 Å². The van der Waals surface area contributed by atoms with Crippen LogP contribution in [0.2, 0.25) is 0 Å². The van der Waals surface area contributed by atoms with Gasteiger partial charge < -0.3 is 46.0 Å². The lowest BCUT2D eigenvalue weighted by Gasteiger charge is -2.22. The molecule has 1 amide bonds. The third-order valence-corrected chi connectivity index (χ3v) is 10.5. The van der Waals surface area contributed by atoms with E-state index in [0.29, 0.717) is 0 Å². The third kappa shape index (κ3) is 6.68. The predicted octanol–water partition coefficient (Wildman–Crippen LogP) is -1.63. The Hall–Kier alpha value is -2.93. The van der Waals surface area contributed by atoms with Crippen molar-refractivity contribution in [2.45, 2.75) is 49.2 Å². The number of phosphoric acid groups is 1. The van der Waals surface area contributed by atoms with Crippen LogP contribution in [0, 0.1) is 5.92 Å². The summed E-state index contributed by atoms with van der Waals surface area (Å²) in [7, 11) is -9.37. The number of hydrogen-bond acceptors (Lipinski definition) is 15. The summed E-state index contributed by atoms with van der Waals surface area (Å²) in [4.78, 5) is 33.7. The number of nitrogen functional groups attached to an aromatic ring is 1. The largest absolute Gasteiger partial charge is 0.479 e. The molecular formula is C23H32N7O12P2+. The molecule has 9 N–H and O–H groups in total. The maximum atomic E-state index is 12.9. The molecule has 0 spiro atoms. The molecule has 1 aliphatic carbocycles. The molecule has 3 aromatic heterocycles. The van der Waals surface area contributed by atoms with Gasteiger partial charge in [0.05, 0.1) is 25.6 Å². The third-order valence-electron chi connectivity index (χ3n) is 7.44. The van der Waals surface area contributed by atoms with Crippen LogP contribution in [-0.2, 0) is 27.2 Å². The highest BCUT2D eigenvalue weighted by Gasteiger charge is 2.49. The number of hydrogen-bond donors (Lipinski definition) is 7. The van der Waals surface area contributed by atoms with Crippen molar-refractivity contribution in [2.24, 2.45) is 11.7 Å². The first kappa shape index (κ1) is 32.5. The van der Waals surface area contributed by atoms with Gasteiger partial charge >= 0.3 is 15.4 Å². The summed E-state index contributed by atoms with van der Waals surface area (Å²) in [6.07, 6.45) is -2.61. The number of phosphoric ester groups is 1. The van der Waals surface area contributed by atoms with Gasteiger partial charge in [0, 0.05) is 25.1 Å². The second-order valence-electron chi connectivity index (χ2n) is 10.5. The molecular weight excluding hydrogens is 628 g/mol. The lowest BCUT2D eigenvalue weighted by Crippen LogP contribution is -2.45. The number of amides is 1. The van der Waals surface area contributed by atoms with Crippen LogP contribution in [0.15, 0.2) is 37.2 Å². The highest BCUT2D eigenvalue weighted by atomic mass is 31.3. The molecule has 2 fully saturated rings. The number of imidazole rings is 1. The summed E-state index contributed by atoms with van der Waals surface area (Å²) in [6, 6.07) is 2.31. The Morgan fingerprint density at radius 2 is 1.86 bits per heavy atom. The molecule has 0 aromatic carbocycles. The number of rotatable bonds is 11. The van der Waals surface area contributed by atoms with Gasteiger partial charge in [-0.25, -0.2) is 23.8 Å². The van der Waals surface area contributed by atoms with Crippen molar-refractivity contribution in [1.82, 2.24) is 19.5 Å². The summed E-state index contributed by atoms with van der Waals surface area (Å²) < 4.78 is 48.9. The fourth-order valence-electron chi connectivity index (χ4n) is 5.19. The topological polar surface area (TPSA) is 289 Å². The van der Waals surface area contributed by atoms with Crippen molar-refractivity contribution in [1.29, 1.82) is 0 Å². The molecule has 1 saturated heterocycles. The van der Waals surface area contributed by atoms with E-state index < -0.39 is 83.2 Å². The van der Waals surface area contributed by atoms with Gasteiger partial charge in [-0.05, 0) is 6.07 Å². The standard InChI is InChI=1S/C23H31N7O12P2/c1-43(36,39-8-14-18(33)19(34)23(41-14)30-10-28-15-20(24)26-9-27-22(15)30)42-44(37,38)40-7-12-5-13(17(32)16(12)31)29-4-2-3-11(6-29)21(25)35/h2-4,6,9-10,12-14,16-19,23,31-34H,5,7-8H2,1H3,(H4-,24,25,26,27,35,37,38)/p+1. The van der Waals surface area contributed by atoms with Crippen molar-refractivity contribution in [3.05, 3.63) is 42.7 Å². The highest BCUT2D eigenvalue weighted by molar-refractivity contribution is 7.64.